The van der Waals surface area contributed by atoms with Crippen LogP contribution in [0.3, 0.4) is 0 Å². The third kappa shape index (κ3) is 3.95. The van der Waals surface area contributed by atoms with Crippen LogP contribution in [-0.2, 0) is 20.8 Å². The summed E-state index contributed by atoms with van der Waals surface area (Å²) >= 11 is 1.20. The molecule has 0 spiro atoms. The monoisotopic (exact) mass is 384 g/mol. The van der Waals surface area contributed by atoms with Gasteiger partial charge in [-0.3, -0.25) is 9.59 Å². The zero-order valence-corrected chi connectivity index (χ0v) is 15.5. The maximum Gasteiger partial charge on any atom is 0.337 e. The normalized spacial score (nSPS) is 11.4. The van der Waals surface area contributed by atoms with E-state index in [-0.39, 0.29) is 6.54 Å². The van der Waals surface area contributed by atoms with E-state index in [0.29, 0.717) is 26.1 Å². The van der Waals surface area contributed by atoms with Gasteiger partial charge in [0.15, 0.2) is 4.80 Å². The molecule has 0 aliphatic heterocycles. The number of carbonyl (C=O) groups is 3. The van der Waals surface area contributed by atoms with Crippen LogP contribution >= 0.6 is 11.3 Å². The molecule has 3 rings (SSSR count). The minimum Gasteiger partial charge on any atom is -0.468 e. The molecule has 3 aromatic rings. The van der Waals surface area contributed by atoms with Crippen molar-refractivity contribution in [2.45, 2.75) is 6.54 Å². The molecule has 1 amide bonds. The van der Waals surface area contributed by atoms with Crippen molar-refractivity contribution < 1.29 is 23.9 Å². The van der Waals surface area contributed by atoms with Crippen LogP contribution < -0.4 is 4.80 Å². The summed E-state index contributed by atoms with van der Waals surface area (Å²) in [6, 6.07) is 13.6. The predicted octanol–water partition coefficient (Wildman–Crippen LogP) is 2.40. The Hall–Kier alpha value is -3.26. The van der Waals surface area contributed by atoms with Crippen LogP contribution in [0.25, 0.3) is 10.2 Å². The smallest absolute Gasteiger partial charge is 0.337 e. The molecule has 1 aromatic heterocycles. The minimum absolute atomic E-state index is 0.102. The molecular weight excluding hydrogens is 368 g/mol. The van der Waals surface area contributed by atoms with E-state index in [4.69, 9.17) is 9.47 Å². The first-order valence-corrected chi connectivity index (χ1v) is 8.77. The van der Waals surface area contributed by atoms with Crippen molar-refractivity contribution in [3.05, 3.63) is 64.5 Å². The van der Waals surface area contributed by atoms with Gasteiger partial charge in [0, 0.05) is 5.56 Å². The summed E-state index contributed by atoms with van der Waals surface area (Å²) in [6.07, 6.45) is 0. The number of thiazole rings is 1. The average Bonchev–Trinajstić information content (AvgIpc) is 3.03. The lowest BCUT2D eigenvalue weighted by Crippen LogP contribution is -2.22. The summed E-state index contributed by atoms with van der Waals surface area (Å²) in [4.78, 5) is 40.5. The second kappa shape index (κ2) is 7.96. The van der Waals surface area contributed by atoms with E-state index >= 15 is 0 Å². The fraction of sp³-hybridized carbons (Fsp3) is 0.158. The molecule has 27 heavy (non-hydrogen) atoms. The van der Waals surface area contributed by atoms with Gasteiger partial charge in [-0.1, -0.05) is 29.5 Å². The largest absolute Gasteiger partial charge is 0.468 e. The molecule has 8 heteroatoms. The highest BCUT2D eigenvalue weighted by Crippen LogP contribution is 2.20. The Kier molecular flexibility index (Phi) is 5.46. The number of methoxy groups -OCH3 is 2. The summed E-state index contributed by atoms with van der Waals surface area (Å²) in [7, 11) is 2.59. The molecule has 0 radical (unpaired) electrons. The maximum absolute atomic E-state index is 12.5. The molecule has 0 N–H and O–H groups in total. The summed E-state index contributed by atoms with van der Waals surface area (Å²) in [5.74, 6) is -1.36. The molecule has 0 aliphatic rings. The molecule has 1 heterocycles. The first-order valence-electron chi connectivity index (χ1n) is 7.96. The lowest BCUT2D eigenvalue weighted by Gasteiger charge is -2.04. The second-order valence-corrected chi connectivity index (χ2v) is 6.51. The Morgan fingerprint density at radius 2 is 1.74 bits per heavy atom. The van der Waals surface area contributed by atoms with E-state index in [1.54, 1.807) is 47.0 Å². The number of hydrogen-bond acceptors (Lipinski definition) is 6. The Balaban J connectivity index is 2.15. The highest BCUT2D eigenvalue weighted by atomic mass is 32.1. The van der Waals surface area contributed by atoms with Crippen molar-refractivity contribution in [3.63, 3.8) is 0 Å². The lowest BCUT2D eigenvalue weighted by atomic mass is 10.2. The third-order valence-corrected chi connectivity index (χ3v) is 4.88. The Labute approximate surface area is 158 Å². The fourth-order valence-electron chi connectivity index (χ4n) is 2.48. The van der Waals surface area contributed by atoms with Gasteiger partial charge in [0.1, 0.15) is 6.54 Å². The molecule has 7 nitrogen and oxygen atoms in total. The number of nitrogens with zero attached hydrogens (tertiary/aromatic N) is 2. The van der Waals surface area contributed by atoms with Gasteiger partial charge in [-0.25, -0.2) is 4.79 Å². The summed E-state index contributed by atoms with van der Waals surface area (Å²) in [5.41, 5.74) is 1.48. The number of carbonyl (C=O) groups excluding carboxylic acids is 3. The topological polar surface area (TPSA) is 87.0 Å². The van der Waals surface area contributed by atoms with Crippen molar-refractivity contribution in [1.82, 2.24) is 4.57 Å². The predicted molar refractivity (Wildman–Crippen MR) is 99.5 cm³/mol. The quantitative estimate of drug-likeness (QED) is 0.645. The van der Waals surface area contributed by atoms with Crippen LogP contribution in [0.5, 0.6) is 0 Å². The van der Waals surface area contributed by atoms with E-state index < -0.39 is 17.8 Å². The number of fused-ring (bicyclic) bond motifs is 1. The maximum atomic E-state index is 12.5. The van der Waals surface area contributed by atoms with E-state index in [0.717, 1.165) is 0 Å². The second-order valence-electron chi connectivity index (χ2n) is 5.50. The molecule has 0 fully saturated rings. The average molecular weight is 384 g/mol. The minimum atomic E-state index is -0.472. The van der Waals surface area contributed by atoms with Gasteiger partial charge in [0.2, 0.25) is 0 Å². The van der Waals surface area contributed by atoms with Crippen molar-refractivity contribution in [2.75, 3.05) is 14.2 Å². The van der Waals surface area contributed by atoms with Crippen LogP contribution in [0.4, 0.5) is 0 Å². The zero-order chi connectivity index (χ0) is 19.4. The van der Waals surface area contributed by atoms with Gasteiger partial charge >= 0.3 is 11.9 Å². The van der Waals surface area contributed by atoms with Crippen molar-refractivity contribution in [1.29, 1.82) is 0 Å². The van der Waals surface area contributed by atoms with Gasteiger partial charge in [-0.05, 0) is 30.3 Å². The molecular formula is C19H16N2O5S. The van der Waals surface area contributed by atoms with Gasteiger partial charge in [-0.15, -0.1) is 0 Å². The van der Waals surface area contributed by atoms with Gasteiger partial charge in [-0.2, -0.15) is 4.99 Å². The first-order chi connectivity index (χ1) is 13.0. The van der Waals surface area contributed by atoms with Crippen LogP contribution in [0, 0.1) is 0 Å². The standard InChI is InChI=1S/C19H16N2O5S/c1-25-16(22)11-21-14-9-8-13(18(24)26-2)10-15(14)27-19(21)20-17(23)12-6-4-3-5-7-12/h3-10H,11H2,1-2H3. The number of benzene rings is 2. The van der Waals surface area contributed by atoms with Crippen LogP contribution in [0.1, 0.15) is 20.7 Å². The van der Waals surface area contributed by atoms with Crippen molar-refractivity contribution >= 4 is 39.4 Å². The number of ether oxygens (including phenoxy) is 2. The summed E-state index contributed by atoms with van der Waals surface area (Å²) in [6.45, 7) is -0.102. The number of rotatable bonds is 4. The summed E-state index contributed by atoms with van der Waals surface area (Å²) in [5, 5.41) is 0. The number of esters is 2. The molecule has 0 unspecified atom stereocenters. The highest BCUT2D eigenvalue weighted by Gasteiger charge is 2.14. The number of hydrogen-bond donors (Lipinski definition) is 0. The lowest BCUT2D eigenvalue weighted by molar-refractivity contribution is -0.141. The van der Waals surface area contributed by atoms with Gasteiger partial charge in [0.25, 0.3) is 5.91 Å². The van der Waals surface area contributed by atoms with Crippen LogP contribution in [0.2, 0.25) is 0 Å². The SMILES string of the molecule is COC(=O)Cn1c(=NC(=O)c2ccccc2)sc2cc(C(=O)OC)ccc21. The van der Waals surface area contributed by atoms with Gasteiger partial charge in [0.05, 0.1) is 30.0 Å². The highest BCUT2D eigenvalue weighted by molar-refractivity contribution is 7.16. The first kappa shape index (κ1) is 18.5. The Morgan fingerprint density at radius 3 is 2.41 bits per heavy atom. The molecule has 0 bridgehead atoms. The van der Waals surface area contributed by atoms with E-state index in [2.05, 4.69) is 4.99 Å². The Morgan fingerprint density at radius 1 is 1.00 bits per heavy atom. The number of aromatic nitrogens is 1. The molecule has 0 aliphatic carbocycles. The molecule has 2 aromatic carbocycles. The van der Waals surface area contributed by atoms with E-state index in [9.17, 15) is 14.4 Å². The van der Waals surface area contributed by atoms with Crippen molar-refractivity contribution in [3.8, 4) is 0 Å². The van der Waals surface area contributed by atoms with E-state index in [1.807, 2.05) is 6.07 Å². The van der Waals surface area contributed by atoms with Crippen LogP contribution in [0.15, 0.2) is 53.5 Å². The van der Waals surface area contributed by atoms with Crippen LogP contribution in [-0.4, -0.2) is 36.6 Å². The Bertz CT molecular complexity index is 1080. The molecule has 138 valence electrons. The van der Waals surface area contributed by atoms with Gasteiger partial charge < -0.3 is 14.0 Å². The van der Waals surface area contributed by atoms with E-state index in [1.165, 1.54) is 25.6 Å². The molecule has 0 atom stereocenters. The molecule has 0 saturated heterocycles. The number of amides is 1. The molecule has 0 saturated carbocycles. The zero-order valence-electron chi connectivity index (χ0n) is 14.7. The van der Waals surface area contributed by atoms with Crippen molar-refractivity contribution in [2.24, 2.45) is 4.99 Å². The third-order valence-electron chi connectivity index (χ3n) is 3.84. The summed E-state index contributed by atoms with van der Waals surface area (Å²) < 4.78 is 11.8. The fourth-order valence-corrected chi connectivity index (χ4v) is 3.55.